The molecule has 120 valence electrons. The Morgan fingerprint density at radius 1 is 1.25 bits per heavy atom. The fraction of sp³-hybridized carbons (Fsp3) is 0. The SMILES string of the molecule is O=C(C=Cc1ccc([N+](=O)[O-])cc1)ONc1cccc2[nH]nnc12. The summed E-state index contributed by atoms with van der Waals surface area (Å²) in [5.41, 5.74) is 4.89. The Balaban J connectivity index is 1.61. The van der Waals surface area contributed by atoms with E-state index >= 15 is 0 Å². The molecule has 2 N–H and O–H groups in total. The van der Waals surface area contributed by atoms with E-state index in [1.54, 1.807) is 18.2 Å². The fourth-order valence-electron chi connectivity index (χ4n) is 1.96. The van der Waals surface area contributed by atoms with Crippen LogP contribution in [0.4, 0.5) is 11.4 Å². The number of fused-ring (bicyclic) bond motifs is 1. The van der Waals surface area contributed by atoms with Gasteiger partial charge < -0.3 is 4.84 Å². The Bertz CT molecular complexity index is 917. The molecule has 1 aromatic heterocycles. The van der Waals surface area contributed by atoms with Crippen molar-refractivity contribution in [1.82, 2.24) is 15.4 Å². The molecule has 0 aliphatic rings. The number of nitrogens with zero attached hydrogens (tertiary/aromatic N) is 3. The summed E-state index contributed by atoms with van der Waals surface area (Å²) in [6.45, 7) is 0. The number of aromatic nitrogens is 3. The van der Waals surface area contributed by atoms with E-state index in [2.05, 4.69) is 20.9 Å². The molecule has 0 saturated carbocycles. The van der Waals surface area contributed by atoms with E-state index in [4.69, 9.17) is 4.84 Å². The first-order valence-electron chi connectivity index (χ1n) is 6.82. The lowest BCUT2D eigenvalue weighted by atomic mass is 10.2. The maximum Gasteiger partial charge on any atom is 0.355 e. The van der Waals surface area contributed by atoms with Crippen LogP contribution in [0.3, 0.4) is 0 Å². The van der Waals surface area contributed by atoms with Crippen LogP contribution in [0.2, 0.25) is 0 Å². The zero-order valence-electron chi connectivity index (χ0n) is 12.2. The number of nitro benzene ring substituents is 1. The molecule has 0 spiro atoms. The number of nitro groups is 1. The minimum Gasteiger partial charge on any atom is -0.339 e. The van der Waals surface area contributed by atoms with E-state index in [0.29, 0.717) is 22.3 Å². The molecule has 9 heteroatoms. The van der Waals surface area contributed by atoms with Crippen LogP contribution in [-0.2, 0) is 9.63 Å². The van der Waals surface area contributed by atoms with Gasteiger partial charge in [-0.15, -0.1) is 5.10 Å². The second-order valence-electron chi connectivity index (χ2n) is 4.72. The van der Waals surface area contributed by atoms with E-state index in [1.807, 2.05) is 0 Å². The number of hydrogen-bond acceptors (Lipinski definition) is 7. The smallest absolute Gasteiger partial charge is 0.339 e. The van der Waals surface area contributed by atoms with Gasteiger partial charge in [0.1, 0.15) is 11.2 Å². The van der Waals surface area contributed by atoms with Crippen LogP contribution in [0.1, 0.15) is 5.56 Å². The molecule has 0 saturated heterocycles. The van der Waals surface area contributed by atoms with Crippen molar-refractivity contribution in [1.29, 1.82) is 0 Å². The molecule has 24 heavy (non-hydrogen) atoms. The highest BCUT2D eigenvalue weighted by Gasteiger charge is 2.06. The molecule has 0 aliphatic heterocycles. The van der Waals surface area contributed by atoms with Crippen LogP contribution in [0, 0.1) is 10.1 Å². The van der Waals surface area contributed by atoms with Gasteiger partial charge in [0.25, 0.3) is 5.69 Å². The summed E-state index contributed by atoms with van der Waals surface area (Å²) in [6, 6.07) is 11.0. The van der Waals surface area contributed by atoms with E-state index in [1.165, 1.54) is 36.4 Å². The molecular weight excluding hydrogens is 314 g/mol. The van der Waals surface area contributed by atoms with Gasteiger partial charge in [-0.05, 0) is 35.9 Å². The molecule has 1 heterocycles. The van der Waals surface area contributed by atoms with Crippen LogP contribution >= 0.6 is 0 Å². The summed E-state index contributed by atoms with van der Waals surface area (Å²) in [6.07, 6.45) is 2.70. The number of H-pyrrole nitrogens is 1. The molecule has 3 aromatic rings. The van der Waals surface area contributed by atoms with Crippen LogP contribution < -0.4 is 5.48 Å². The third-order valence-corrected chi connectivity index (χ3v) is 3.13. The minimum atomic E-state index is -0.631. The van der Waals surface area contributed by atoms with Crippen LogP contribution in [0.5, 0.6) is 0 Å². The Labute approximate surface area is 135 Å². The zero-order chi connectivity index (χ0) is 16.9. The van der Waals surface area contributed by atoms with Gasteiger partial charge in [0.15, 0.2) is 0 Å². The summed E-state index contributed by atoms with van der Waals surface area (Å²) < 4.78 is 0. The number of carbonyl (C=O) groups is 1. The number of rotatable bonds is 5. The number of carbonyl (C=O) groups excluding carboxylic acids is 1. The Kier molecular flexibility index (Phi) is 4.15. The van der Waals surface area contributed by atoms with Gasteiger partial charge >= 0.3 is 5.97 Å². The zero-order valence-corrected chi connectivity index (χ0v) is 12.2. The summed E-state index contributed by atoms with van der Waals surface area (Å²) in [5.74, 6) is -0.631. The normalized spacial score (nSPS) is 10.8. The number of hydrogen-bond donors (Lipinski definition) is 2. The van der Waals surface area contributed by atoms with Crippen molar-refractivity contribution in [2.45, 2.75) is 0 Å². The number of benzene rings is 2. The molecule has 0 bridgehead atoms. The first-order chi connectivity index (χ1) is 11.6. The van der Waals surface area contributed by atoms with Crippen molar-refractivity contribution in [3.63, 3.8) is 0 Å². The van der Waals surface area contributed by atoms with E-state index in [0.717, 1.165) is 0 Å². The second-order valence-corrected chi connectivity index (χ2v) is 4.72. The predicted molar refractivity (Wildman–Crippen MR) is 85.7 cm³/mol. The predicted octanol–water partition coefficient (Wildman–Crippen LogP) is 2.45. The molecule has 0 aliphatic carbocycles. The molecule has 9 nitrogen and oxygen atoms in total. The highest BCUT2D eigenvalue weighted by molar-refractivity contribution is 5.90. The average molecular weight is 325 g/mol. The Morgan fingerprint density at radius 3 is 2.79 bits per heavy atom. The maximum absolute atomic E-state index is 11.7. The summed E-state index contributed by atoms with van der Waals surface area (Å²) >= 11 is 0. The van der Waals surface area contributed by atoms with Gasteiger partial charge in [0.2, 0.25) is 0 Å². The molecule has 0 atom stereocenters. The maximum atomic E-state index is 11.7. The van der Waals surface area contributed by atoms with Gasteiger partial charge in [-0.2, -0.15) is 0 Å². The van der Waals surface area contributed by atoms with Crippen molar-refractivity contribution < 1.29 is 14.6 Å². The first kappa shape index (κ1) is 15.2. The van der Waals surface area contributed by atoms with Crippen molar-refractivity contribution in [3.8, 4) is 0 Å². The lowest BCUT2D eigenvalue weighted by Gasteiger charge is -2.04. The van der Waals surface area contributed by atoms with Gasteiger partial charge in [-0.3, -0.25) is 15.2 Å². The van der Waals surface area contributed by atoms with Gasteiger partial charge in [0.05, 0.1) is 10.4 Å². The minimum absolute atomic E-state index is 0.0166. The summed E-state index contributed by atoms with van der Waals surface area (Å²) in [7, 11) is 0. The number of non-ortho nitro benzene ring substituents is 1. The molecule has 0 amide bonds. The van der Waals surface area contributed by atoms with E-state index in [-0.39, 0.29) is 5.69 Å². The van der Waals surface area contributed by atoms with Gasteiger partial charge in [0, 0.05) is 18.2 Å². The summed E-state index contributed by atoms with van der Waals surface area (Å²) in [4.78, 5) is 26.7. The van der Waals surface area contributed by atoms with Gasteiger partial charge in [-0.1, -0.05) is 11.3 Å². The summed E-state index contributed by atoms with van der Waals surface area (Å²) in [5, 5.41) is 20.8. The number of aromatic amines is 1. The van der Waals surface area contributed by atoms with Crippen LogP contribution in [-0.4, -0.2) is 26.3 Å². The highest BCUT2D eigenvalue weighted by atomic mass is 16.7. The largest absolute Gasteiger partial charge is 0.355 e. The highest BCUT2D eigenvalue weighted by Crippen LogP contribution is 2.18. The van der Waals surface area contributed by atoms with Crippen molar-refractivity contribution in [2.75, 3.05) is 5.48 Å². The van der Waals surface area contributed by atoms with E-state index in [9.17, 15) is 14.9 Å². The standard InChI is InChI=1S/C15H11N5O4/c21-14(9-6-10-4-7-11(8-5-10)20(22)23)24-18-13-3-1-2-12-15(13)17-19-16-12/h1-9,18H,(H,16,17,19). The van der Waals surface area contributed by atoms with Crippen molar-refractivity contribution in [3.05, 3.63) is 64.2 Å². The third kappa shape index (κ3) is 3.35. The quantitative estimate of drug-likeness (QED) is 0.419. The fourth-order valence-corrected chi connectivity index (χ4v) is 1.96. The molecular formula is C15H11N5O4. The average Bonchev–Trinajstić information content (AvgIpc) is 3.07. The molecule has 0 fully saturated rings. The Hall–Kier alpha value is -3.75. The number of anilines is 1. The molecule has 2 aromatic carbocycles. The van der Waals surface area contributed by atoms with Crippen LogP contribution in [0.25, 0.3) is 17.1 Å². The monoisotopic (exact) mass is 325 g/mol. The lowest BCUT2D eigenvalue weighted by Crippen LogP contribution is -2.07. The first-order valence-corrected chi connectivity index (χ1v) is 6.82. The third-order valence-electron chi connectivity index (χ3n) is 3.13. The number of nitrogens with one attached hydrogen (secondary N) is 2. The second kappa shape index (κ2) is 6.57. The Morgan fingerprint density at radius 2 is 2.04 bits per heavy atom. The topological polar surface area (TPSA) is 123 Å². The van der Waals surface area contributed by atoms with Crippen molar-refractivity contribution >= 4 is 34.5 Å². The van der Waals surface area contributed by atoms with Crippen molar-refractivity contribution in [2.24, 2.45) is 0 Å². The van der Waals surface area contributed by atoms with Gasteiger partial charge in [-0.25, -0.2) is 10.3 Å². The molecule has 0 radical (unpaired) electrons. The van der Waals surface area contributed by atoms with Crippen LogP contribution in [0.15, 0.2) is 48.5 Å². The van der Waals surface area contributed by atoms with E-state index < -0.39 is 10.9 Å². The molecule has 3 rings (SSSR count). The molecule has 0 unspecified atom stereocenters. The lowest BCUT2D eigenvalue weighted by molar-refractivity contribution is -0.384.